The lowest BCUT2D eigenvalue weighted by Crippen LogP contribution is -2.58. The van der Waals surface area contributed by atoms with Crippen LogP contribution in [0.5, 0.6) is 0 Å². The minimum atomic E-state index is -1.29. The van der Waals surface area contributed by atoms with E-state index < -0.39 is 42.5 Å². The monoisotopic (exact) mass is 586 g/mol. The van der Waals surface area contributed by atoms with Crippen LogP contribution < -0.4 is 0 Å². The summed E-state index contributed by atoms with van der Waals surface area (Å²) in [6.07, 6.45) is -3.89. The first-order chi connectivity index (χ1) is 16.9. The number of ether oxygens (including phenoxy) is 4. The van der Waals surface area contributed by atoms with Crippen molar-refractivity contribution >= 4 is 40.5 Å². The van der Waals surface area contributed by atoms with E-state index >= 15 is 0 Å². The van der Waals surface area contributed by atoms with Crippen LogP contribution in [0.1, 0.15) is 38.0 Å². The smallest absolute Gasteiger partial charge is 0.340 e. The van der Waals surface area contributed by atoms with Gasteiger partial charge in [0.25, 0.3) is 0 Å². The maximum absolute atomic E-state index is 12.9. The van der Waals surface area contributed by atoms with Crippen molar-refractivity contribution in [3.63, 3.8) is 0 Å². The molecule has 1 fully saturated rings. The highest BCUT2D eigenvalue weighted by molar-refractivity contribution is 14.1. The summed E-state index contributed by atoms with van der Waals surface area (Å²) >= 11 is 2.10. The van der Waals surface area contributed by atoms with Gasteiger partial charge in [-0.3, -0.25) is 0 Å². The molecule has 0 spiro atoms. The largest absolute Gasteiger partial charge is 0.453 e. The summed E-state index contributed by atoms with van der Waals surface area (Å²) in [5, 5.41) is 0. The molecule has 0 bridgehead atoms. The van der Waals surface area contributed by atoms with E-state index in [1.165, 1.54) is 0 Å². The highest BCUT2D eigenvalue weighted by atomic mass is 127. The molecule has 1 aliphatic heterocycles. The average molecular weight is 586 g/mol. The molecule has 8 heteroatoms. The van der Waals surface area contributed by atoms with Crippen molar-refractivity contribution < 1.29 is 33.3 Å². The molecule has 1 heterocycles. The Morgan fingerprint density at radius 2 is 1.00 bits per heavy atom. The number of halogens is 1. The second-order valence-electron chi connectivity index (χ2n) is 7.90. The van der Waals surface area contributed by atoms with E-state index in [-0.39, 0.29) is 3.92 Å². The highest BCUT2D eigenvalue weighted by Crippen LogP contribution is 2.33. The van der Waals surface area contributed by atoms with Crippen LogP contribution in [0.15, 0.2) is 91.0 Å². The summed E-state index contributed by atoms with van der Waals surface area (Å²) in [4.78, 5) is 38.6. The van der Waals surface area contributed by atoms with Crippen LogP contribution >= 0.6 is 22.6 Å². The molecule has 0 saturated carbocycles. The SMILES string of the molecule is C[C@H]1O[C@@H](OC(=O)c2ccccc2)[C@H](OC(=O)c2ccccc2)[C@H](OC(=O)c2ccccc2)[C@H]1I. The lowest BCUT2D eigenvalue weighted by molar-refractivity contribution is -0.236. The molecule has 0 aromatic heterocycles. The van der Waals surface area contributed by atoms with Crippen molar-refractivity contribution in [2.24, 2.45) is 0 Å². The molecule has 0 unspecified atom stereocenters. The van der Waals surface area contributed by atoms with Gasteiger partial charge in [0.15, 0.2) is 6.10 Å². The van der Waals surface area contributed by atoms with Gasteiger partial charge in [-0.25, -0.2) is 14.4 Å². The molecule has 3 aromatic rings. The average Bonchev–Trinajstić information content (AvgIpc) is 2.90. The zero-order valence-corrected chi connectivity index (χ0v) is 20.9. The van der Waals surface area contributed by atoms with Crippen molar-refractivity contribution in [2.75, 3.05) is 0 Å². The molecular weight excluding hydrogens is 563 g/mol. The van der Waals surface area contributed by atoms with E-state index in [1.807, 2.05) is 0 Å². The van der Waals surface area contributed by atoms with Crippen LogP contribution in [-0.4, -0.2) is 46.4 Å². The lowest BCUT2D eigenvalue weighted by atomic mass is 10.0. The molecule has 0 aliphatic carbocycles. The van der Waals surface area contributed by atoms with Gasteiger partial charge in [0.2, 0.25) is 12.4 Å². The van der Waals surface area contributed by atoms with Gasteiger partial charge in [0, 0.05) is 0 Å². The van der Waals surface area contributed by atoms with Gasteiger partial charge >= 0.3 is 17.9 Å². The number of esters is 3. The van der Waals surface area contributed by atoms with Crippen LogP contribution in [0.4, 0.5) is 0 Å². The molecule has 35 heavy (non-hydrogen) atoms. The Labute approximate surface area is 216 Å². The van der Waals surface area contributed by atoms with Gasteiger partial charge in [-0.2, -0.15) is 0 Å². The summed E-state index contributed by atoms with van der Waals surface area (Å²) in [5.74, 6) is -1.89. The zero-order valence-electron chi connectivity index (χ0n) is 18.8. The third kappa shape index (κ3) is 6.07. The molecule has 1 aliphatic rings. The van der Waals surface area contributed by atoms with Crippen molar-refractivity contribution in [1.82, 2.24) is 0 Å². The molecule has 0 N–H and O–H groups in total. The summed E-state index contributed by atoms with van der Waals surface area (Å²) < 4.78 is 22.8. The molecule has 3 aromatic carbocycles. The predicted molar refractivity (Wildman–Crippen MR) is 135 cm³/mol. The van der Waals surface area contributed by atoms with E-state index in [0.717, 1.165) is 0 Å². The minimum Gasteiger partial charge on any atom is -0.453 e. The zero-order chi connectivity index (χ0) is 24.8. The molecule has 1 saturated heterocycles. The number of carbonyl (C=O) groups excluding carboxylic acids is 3. The van der Waals surface area contributed by atoms with E-state index in [0.29, 0.717) is 16.7 Å². The number of rotatable bonds is 6. The first-order valence-electron chi connectivity index (χ1n) is 11.0. The molecule has 180 valence electrons. The molecule has 0 radical (unpaired) electrons. The minimum absolute atomic E-state index is 0.303. The Morgan fingerprint density at radius 3 is 1.43 bits per heavy atom. The Hall–Kier alpha value is -3.24. The molecule has 4 rings (SSSR count). The number of alkyl halides is 1. The quantitative estimate of drug-likeness (QED) is 0.177. The maximum Gasteiger partial charge on any atom is 0.340 e. The third-order valence-corrected chi connectivity index (χ3v) is 7.16. The van der Waals surface area contributed by atoms with Crippen molar-refractivity contribution in [2.45, 2.75) is 35.5 Å². The lowest BCUT2D eigenvalue weighted by Gasteiger charge is -2.42. The maximum atomic E-state index is 12.9. The molecule has 5 atom stereocenters. The summed E-state index contributed by atoms with van der Waals surface area (Å²) in [7, 11) is 0. The molecule has 7 nitrogen and oxygen atoms in total. The van der Waals surface area contributed by atoms with Crippen molar-refractivity contribution in [1.29, 1.82) is 0 Å². The number of benzene rings is 3. The summed E-state index contributed by atoms with van der Waals surface area (Å²) in [5.41, 5.74) is 0.963. The number of carbonyl (C=O) groups is 3. The van der Waals surface area contributed by atoms with Crippen molar-refractivity contribution in [3.05, 3.63) is 108 Å². The van der Waals surface area contributed by atoms with Crippen LogP contribution in [0.3, 0.4) is 0 Å². The summed E-state index contributed by atoms with van der Waals surface area (Å²) in [6.45, 7) is 1.78. The fourth-order valence-corrected chi connectivity index (χ4v) is 4.32. The highest BCUT2D eigenvalue weighted by Gasteiger charge is 2.50. The van der Waals surface area contributed by atoms with E-state index in [9.17, 15) is 14.4 Å². The Kier molecular flexibility index (Phi) is 8.14. The van der Waals surface area contributed by atoms with Gasteiger partial charge in [-0.05, 0) is 43.3 Å². The second kappa shape index (κ2) is 11.5. The van der Waals surface area contributed by atoms with Gasteiger partial charge < -0.3 is 18.9 Å². The van der Waals surface area contributed by atoms with Gasteiger partial charge in [-0.15, -0.1) is 0 Å². The summed E-state index contributed by atoms with van der Waals surface area (Å²) in [6, 6.07) is 25.3. The fourth-order valence-electron chi connectivity index (χ4n) is 3.60. The Bertz CT molecular complexity index is 1150. The normalized spacial score (nSPS) is 23.7. The van der Waals surface area contributed by atoms with Crippen LogP contribution in [-0.2, 0) is 18.9 Å². The third-order valence-electron chi connectivity index (χ3n) is 5.44. The first-order valence-corrected chi connectivity index (χ1v) is 12.3. The number of hydrogen-bond donors (Lipinski definition) is 0. The first kappa shape index (κ1) is 24.9. The van der Waals surface area contributed by atoms with Gasteiger partial charge in [-0.1, -0.05) is 77.2 Å². The second-order valence-corrected chi connectivity index (χ2v) is 9.34. The Morgan fingerprint density at radius 1 is 0.629 bits per heavy atom. The van der Waals surface area contributed by atoms with Gasteiger partial charge in [0.05, 0.1) is 26.7 Å². The van der Waals surface area contributed by atoms with Crippen LogP contribution in [0.2, 0.25) is 0 Å². The van der Waals surface area contributed by atoms with Crippen LogP contribution in [0, 0.1) is 0 Å². The number of hydrogen-bond acceptors (Lipinski definition) is 7. The molecular formula is C27H23IO7. The fraction of sp³-hybridized carbons (Fsp3) is 0.222. The Balaban J connectivity index is 1.63. The predicted octanol–water partition coefficient (Wildman–Crippen LogP) is 4.84. The standard InChI is InChI=1S/C27H23IO7/c1-17-21(28)22(33-24(29)18-11-5-2-6-12-18)23(34-25(30)19-13-7-3-8-14-19)27(32-17)35-26(31)20-15-9-4-10-16-20/h2-17,21-23,27H,1H3/t17-,21+,22-,23-,27+/m1/s1. The van der Waals surface area contributed by atoms with Crippen LogP contribution in [0.25, 0.3) is 0 Å². The van der Waals surface area contributed by atoms with E-state index in [1.54, 1.807) is 97.9 Å². The molecule has 0 amide bonds. The van der Waals surface area contributed by atoms with Gasteiger partial charge in [0.1, 0.15) is 0 Å². The van der Waals surface area contributed by atoms with E-state index in [4.69, 9.17) is 18.9 Å². The van der Waals surface area contributed by atoms with Crippen molar-refractivity contribution in [3.8, 4) is 0 Å². The van der Waals surface area contributed by atoms with E-state index in [2.05, 4.69) is 22.6 Å². The topological polar surface area (TPSA) is 88.1 Å².